The van der Waals surface area contributed by atoms with Crippen LogP contribution in [0.25, 0.3) is 10.9 Å². The summed E-state index contributed by atoms with van der Waals surface area (Å²) in [4.78, 5) is 19.1. The van der Waals surface area contributed by atoms with E-state index in [1.54, 1.807) is 30.5 Å². The summed E-state index contributed by atoms with van der Waals surface area (Å²) < 4.78 is 0. The molecule has 2 aromatic heterocycles. The van der Waals surface area contributed by atoms with Crippen molar-refractivity contribution in [2.24, 2.45) is 0 Å². The molecule has 6 heteroatoms. The van der Waals surface area contributed by atoms with Gasteiger partial charge in [0.25, 0.3) is 5.91 Å². The highest BCUT2D eigenvalue weighted by Gasteiger charge is 2.14. The molecule has 0 aliphatic rings. The first-order valence-corrected chi connectivity index (χ1v) is 6.25. The lowest BCUT2D eigenvalue weighted by Crippen LogP contribution is -2.12. The average molecular weight is 288 g/mol. The molecular weight excluding hydrogens is 278 g/mol. The minimum atomic E-state index is -0.354. The molecule has 5 nitrogen and oxygen atoms in total. The van der Waals surface area contributed by atoms with Crippen LogP contribution < -0.4 is 5.32 Å². The molecule has 0 saturated carbocycles. The lowest BCUT2D eigenvalue weighted by molar-refractivity contribution is 0.102. The molecule has 3 aromatic rings. The van der Waals surface area contributed by atoms with Crippen LogP contribution in [0.2, 0.25) is 5.02 Å². The fraction of sp³-hybridized carbons (Fsp3) is 0. The van der Waals surface area contributed by atoms with Gasteiger partial charge in [-0.05, 0) is 24.3 Å². The number of aromatic hydroxyl groups is 1. The van der Waals surface area contributed by atoms with E-state index in [4.69, 9.17) is 11.6 Å². The van der Waals surface area contributed by atoms with Gasteiger partial charge in [-0.1, -0.05) is 17.7 Å². The third-order valence-electron chi connectivity index (χ3n) is 2.91. The highest BCUT2D eigenvalue weighted by atomic mass is 35.5. The Morgan fingerprint density at radius 2 is 2.20 bits per heavy atom. The molecule has 0 bridgehead atoms. The number of benzene rings is 1. The Balaban J connectivity index is 1.95. The summed E-state index contributed by atoms with van der Waals surface area (Å²) in [5.41, 5.74) is 1.23. The zero-order valence-corrected chi connectivity index (χ0v) is 11.0. The molecule has 0 aliphatic heterocycles. The summed E-state index contributed by atoms with van der Waals surface area (Å²) in [5, 5.41) is 13.5. The van der Waals surface area contributed by atoms with Crippen LogP contribution in [0.3, 0.4) is 0 Å². The first-order valence-electron chi connectivity index (χ1n) is 5.87. The van der Waals surface area contributed by atoms with Crippen molar-refractivity contribution in [1.29, 1.82) is 0 Å². The van der Waals surface area contributed by atoms with Gasteiger partial charge >= 0.3 is 0 Å². The molecule has 20 heavy (non-hydrogen) atoms. The van der Waals surface area contributed by atoms with E-state index in [9.17, 15) is 9.90 Å². The maximum absolute atomic E-state index is 12.2. The Hall–Kier alpha value is -2.53. The number of amides is 1. The molecule has 1 amide bonds. The minimum absolute atomic E-state index is 0.0799. The van der Waals surface area contributed by atoms with Gasteiger partial charge in [0.05, 0.1) is 5.56 Å². The van der Waals surface area contributed by atoms with Gasteiger partial charge in [0.15, 0.2) is 11.6 Å². The van der Waals surface area contributed by atoms with Gasteiger partial charge in [-0.3, -0.25) is 4.79 Å². The molecule has 0 spiro atoms. The minimum Gasteiger partial charge on any atom is -0.504 e. The number of pyridine rings is 1. The van der Waals surface area contributed by atoms with Gasteiger partial charge in [-0.2, -0.15) is 0 Å². The zero-order chi connectivity index (χ0) is 14.1. The number of nitrogens with zero attached hydrogens (tertiary/aromatic N) is 1. The Morgan fingerprint density at radius 1 is 1.35 bits per heavy atom. The number of carbonyl (C=O) groups is 1. The predicted molar refractivity (Wildman–Crippen MR) is 77.2 cm³/mol. The molecule has 0 radical (unpaired) electrons. The van der Waals surface area contributed by atoms with Crippen molar-refractivity contribution >= 4 is 34.2 Å². The topological polar surface area (TPSA) is 78.0 Å². The second-order valence-corrected chi connectivity index (χ2v) is 4.65. The Bertz CT molecular complexity index is 798. The molecule has 0 atom stereocenters. The average Bonchev–Trinajstić information content (AvgIpc) is 2.84. The number of H-pyrrole nitrogens is 1. The fourth-order valence-electron chi connectivity index (χ4n) is 1.95. The molecular formula is C14H10ClN3O2. The van der Waals surface area contributed by atoms with Crippen LogP contribution in [0.4, 0.5) is 5.82 Å². The first-order chi connectivity index (χ1) is 9.65. The lowest BCUT2D eigenvalue weighted by Gasteiger charge is -2.05. The monoisotopic (exact) mass is 287 g/mol. The summed E-state index contributed by atoms with van der Waals surface area (Å²) in [7, 11) is 0. The maximum Gasteiger partial charge on any atom is 0.259 e. The summed E-state index contributed by atoms with van der Waals surface area (Å²) in [6.45, 7) is 0. The van der Waals surface area contributed by atoms with Gasteiger partial charge in [0, 0.05) is 28.3 Å². The summed E-state index contributed by atoms with van der Waals surface area (Å²) in [6.07, 6.45) is 3.08. The predicted octanol–water partition coefficient (Wildman–Crippen LogP) is 3.17. The zero-order valence-electron chi connectivity index (χ0n) is 10.2. The number of nitrogens with one attached hydrogen (secondary N) is 2. The highest BCUT2D eigenvalue weighted by Crippen LogP contribution is 2.24. The Kier molecular flexibility index (Phi) is 3.04. The van der Waals surface area contributed by atoms with E-state index in [1.807, 2.05) is 0 Å². The molecule has 3 N–H and O–H groups in total. The summed E-state index contributed by atoms with van der Waals surface area (Å²) in [5.74, 6) is -0.308. The van der Waals surface area contributed by atoms with Crippen LogP contribution in [-0.4, -0.2) is 21.0 Å². The van der Waals surface area contributed by atoms with E-state index >= 15 is 0 Å². The van der Waals surface area contributed by atoms with Gasteiger partial charge in [-0.15, -0.1) is 0 Å². The number of carbonyl (C=O) groups excluding carboxylic acids is 1. The maximum atomic E-state index is 12.2. The third-order valence-corrected chi connectivity index (χ3v) is 3.14. The van der Waals surface area contributed by atoms with E-state index in [1.165, 1.54) is 12.3 Å². The van der Waals surface area contributed by atoms with E-state index in [0.717, 1.165) is 10.9 Å². The molecule has 0 aliphatic carbocycles. The van der Waals surface area contributed by atoms with Gasteiger partial charge in [-0.25, -0.2) is 4.98 Å². The van der Waals surface area contributed by atoms with Crippen molar-refractivity contribution in [3.63, 3.8) is 0 Å². The number of halogens is 1. The van der Waals surface area contributed by atoms with Crippen LogP contribution in [0.15, 0.2) is 42.7 Å². The molecule has 0 saturated heterocycles. The Labute approximate surface area is 119 Å². The smallest absolute Gasteiger partial charge is 0.259 e. The van der Waals surface area contributed by atoms with Crippen molar-refractivity contribution in [1.82, 2.24) is 9.97 Å². The van der Waals surface area contributed by atoms with Gasteiger partial charge in [0.1, 0.15) is 0 Å². The number of hydrogen-bond donors (Lipinski definition) is 3. The SMILES string of the molecule is O=C(Nc1ncccc1O)c1c[nH]c2cc(Cl)ccc12. The second-order valence-electron chi connectivity index (χ2n) is 4.22. The Morgan fingerprint density at radius 3 is 3.00 bits per heavy atom. The van der Waals surface area contributed by atoms with Crippen LogP contribution in [0.1, 0.15) is 10.4 Å². The van der Waals surface area contributed by atoms with Crippen molar-refractivity contribution in [2.75, 3.05) is 5.32 Å². The number of aromatic amines is 1. The highest BCUT2D eigenvalue weighted by molar-refractivity contribution is 6.31. The molecule has 0 fully saturated rings. The van der Waals surface area contributed by atoms with Crippen molar-refractivity contribution in [3.8, 4) is 5.75 Å². The summed E-state index contributed by atoms with van der Waals surface area (Å²) >= 11 is 5.89. The number of fused-ring (bicyclic) bond motifs is 1. The normalized spacial score (nSPS) is 10.7. The van der Waals surface area contributed by atoms with Gasteiger partial charge < -0.3 is 15.4 Å². The van der Waals surface area contributed by atoms with E-state index in [2.05, 4.69) is 15.3 Å². The molecule has 0 unspecified atom stereocenters. The van der Waals surface area contributed by atoms with E-state index in [-0.39, 0.29) is 17.5 Å². The second kappa shape index (κ2) is 4.86. The van der Waals surface area contributed by atoms with E-state index in [0.29, 0.717) is 10.6 Å². The number of hydrogen-bond acceptors (Lipinski definition) is 3. The van der Waals surface area contributed by atoms with Gasteiger partial charge in [0.2, 0.25) is 0 Å². The van der Waals surface area contributed by atoms with Crippen LogP contribution in [-0.2, 0) is 0 Å². The largest absolute Gasteiger partial charge is 0.504 e. The fourth-order valence-corrected chi connectivity index (χ4v) is 2.13. The number of rotatable bonds is 2. The van der Waals surface area contributed by atoms with Crippen molar-refractivity contribution in [3.05, 3.63) is 53.3 Å². The molecule has 3 rings (SSSR count). The third kappa shape index (κ3) is 2.19. The van der Waals surface area contributed by atoms with Crippen LogP contribution >= 0.6 is 11.6 Å². The number of anilines is 1. The molecule has 100 valence electrons. The standard InChI is InChI=1S/C14H10ClN3O2/c15-8-3-4-9-10(7-17-11(9)6-8)14(20)18-13-12(19)2-1-5-16-13/h1-7,17,19H,(H,16,18,20). The van der Waals surface area contributed by atoms with E-state index < -0.39 is 0 Å². The van der Waals surface area contributed by atoms with Crippen molar-refractivity contribution in [2.45, 2.75) is 0 Å². The first kappa shape index (κ1) is 12.5. The molecule has 2 heterocycles. The summed E-state index contributed by atoms with van der Waals surface area (Å²) in [6, 6.07) is 8.26. The van der Waals surface area contributed by atoms with Crippen molar-refractivity contribution < 1.29 is 9.90 Å². The van der Waals surface area contributed by atoms with Crippen LogP contribution in [0, 0.1) is 0 Å². The molecule has 1 aromatic carbocycles. The van der Waals surface area contributed by atoms with Crippen LogP contribution in [0.5, 0.6) is 5.75 Å². The quantitative estimate of drug-likeness (QED) is 0.677. The number of aromatic nitrogens is 2. The lowest BCUT2D eigenvalue weighted by atomic mass is 10.1.